The van der Waals surface area contributed by atoms with Crippen molar-refractivity contribution in [1.29, 1.82) is 0 Å². The molecule has 1 aromatic rings. The second-order valence-electron chi connectivity index (χ2n) is 5.31. The van der Waals surface area contributed by atoms with Crippen molar-refractivity contribution in [2.75, 3.05) is 32.1 Å². The Morgan fingerprint density at radius 2 is 2.32 bits per heavy atom. The third-order valence-electron chi connectivity index (χ3n) is 3.68. The molecule has 1 aliphatic heterocycles. The van der Waals surface area contributed by atoms with Crippen LogP contribution in [0.5, 0.6) is 0 Å². The number of hydrogen-bond donors (Lipinski definition) is 2. The minimum atomic E-state index is 0.0701. The fourth-order valence-corrected chi connectivity index (χ4v) is 2.19. The van der Waals surface area contributed by atoms with Crippen LogP contribution in [0.25, 0.3) is 0 Å². The summed E-state index contributed by atoms with van der Waals surface area (Å²) in [6, 6.07) is 3.89. The smallest absolute Gasteiger partial charge is 0.223 e. The Kier molecular flexibility index (Phi) is 4.37. The predicted molar refractivity (Wildman–Crippen MR) is 75.9 cm³/mol. The van der Waals surface area contributed by atoms with Gasteiger partial charge in [0.25, 0.3) is 0 Å². The number of rotatable bonds is 5. The first-order valence-corrected chi connectivity index (χ1v) is 6.69. The van der Waals surface area contributed by atoms with Crippen LogP contribution in [0.4, 0.5) is 5.82 Å². The third-order valence-corrected chi connectivity index (χ3v) is 3.68. The van der Waals surface area contributed by atoms with E-state index in [0.29, 0.717) is 12.5 Å². The van der Waals surface area contributed by atoms with E-state index < -0.39 is 0 Å². The Balaban J connectivity index is 1.93. The van der Waals surface area contributed by atoms with Gasteiger partial charge in [-0.05, 0) is 25.1 Å². The van der Waals surface area contributed by atoms with E-state index in [-0.39, 0.29) is 11.8 Å². The van der Waals surface area contributed by atoms with Crippen LogP contribution >= 0.6 is 0 Å². The fraction of sp³-hybridized carbons (Fsp3) is 0.571. The lowest BCUT2D eigenvalue weighted by molar-refractivity contribution is -0.126. The summed E-state index contributed by atoms with van der Waals surface area (Å²) in [6.45, 7) is 4.43. The molecule has 104 valence electrons. The predicted octanol–water partition coefficient (Wildman–Crippen LogP) is 0.619. The number of nitrogens with one attached hydrogen (secondary N) is 2. The van der Waals surface area contributed by atoms with Gasteiger partial charge in [-0.25, -0.2) is 4.98 Å². The van der Waals surface area contributed by atoms with Gasteiger partial charge in [-0.3, -0.25) is 4.79 Å². The fourth-order valence-electron chi connectivity index (χ4n) is 2.19. The molecule has 5 nitrogen and oxygen atoms in total. The summed E-state index contributed by atoms with van der Waals surface area (Å²) in [5, 5.41) is 6.21. The highest BCUT2D eigenvalue weighted by Crippen LogP contribution is 2.17. The van der Waals surface area contributed by atoms with Crippen molar-refractivity contribution in [3.63, 3.8) is 0 Å². The standard InChI is InChI=1S/C14H22N4O/c1-10(12-7-15-8-12)14(19)17-9-11-5-4-6-16-13(11)18(2)3/h4-6,10,12,15H,7-9H2,1-3H3,(H,17,19). The van der Waals surface area contributed by atoms with Crippen molar-refractivity contribution in [2.24, 2.45) is 11.8 Å². The van der Waals surface area contributed by atoms with Crippen LogP contribution < -0.4 is 15.5 Å². The van der Waals surface area contributed by atoms with E-state index in [9.17, 15) is 4.79 Å². The van der Waals surface area contributed by atoms with Gasteiger partial charge in [0.1, 0.15) is 5.82 Å². The molecule has 0 saturated carbocycles. The molecule has 0 bridgehead atoms. The summed E-state index contributed by atoms with van der Waals surface area (Å²) in [7, 11) is 3.91. The van der Waals surface area contributed by atoms with Crippen LogP contribution in [0.2, 0.25) is 0 Å². The van der Waals surface area contributed by atoms with Gasteiger partial charge in [0, 0.05) is 38.3 Å². The van der Waals surface area contributed by atoms with Gasteiger partial charge in [-0.2, -0.15) is 0 Å². The van der Waals surface area contributed by atoms with E-state index in [1.165, 1.54) is 0 Å². The molecule has 2 heterocycles. The number of anilines is 1. The van der Waals surface area contributed by atoms with Crippen LogP contribution in [-0.4, -0.2) is 38.1 Å². The van der Waals surface area contributed by atoms with Crippen LogP contribution in [0.3, 0.4) is 0 Å². The van der Waals surface area contributed by atoms with Crippen LogP contribution in [-0.2, 0) is 11.3 Å². The van der Waals surface area contributed by atoms with E-state index in [1.807, 2.05) is 38.1 Å². The molecule has 2 N–H and O–H groups in total. The molecule has 0 aliphatic carbocycles. The summed E-state index contributed by atoms with van der Waals surface area (Å²) in [5.41, 5.74) is 1.04. The quantitative estimate of drug-likeness (QED) is 0.817. The van der Waals surface area contributed by atoms with Gasteiger partial charge in [-0.1, -0.05) is 13.0 Å². The zero-order valence-electron chi connectivity index (χ0n) is 11.8. The van der Waals surface area contributed by atoms with Crippen molar-refractivity contribution in [3.8, 4) is 0 Å². The minimum Gasteiger partial charge on any atom is -0.362 e. The Labute approximate surface area is 114 Å². The van der Waals surface area contributed by atoms with Gasteiger partial charge in [0.15, 0.2) is 0 Å². The normalized spacial score (nSPS) is 16.6. The Hall–Kier alpha value is -1.62. The molecule has 1 unspecified atom stereocenters. The highest BCUT2D eigenvalue weighted by molar-refractivity contribution is 5.78. The number of pyridine rings is 1. The summed E-state index contributed by atoms with van der Waals surface area (Å²) in [4.78, 5) is 18.3. The van der Waals surface area contributed by atoms with Gasteiger partial charge >= 0.3 is 0 Å². The number of carbonyl (C=O) groups is 1. The molecule has 5 heteroatoms. The van der Waals surface area contributed by atoms with Crippen molar-refractivity contribution in [1.82, 2.24) is 15.6 Å². The second-order valence-corrected chi connectivity index (χ2v) is 5.31. The number of amides is 1. The molecule has 0 radical (unpaired) electrons. The second kappa shape index (κ2) is 6.02. The molecule has 0 aromatic carbocycles. The van der Waals surface area contributed by atoms with Gasteiger partial charge in [0.2, 0.25) is 5.91 Å². The molecule has 1 saturated heterocycles. The van der Waals surface area contributed by atoms with E-state index in [4.69, 9.17) is 0 Å². The molecule has 1 atom stereocenters. The Morgan fingerprint density at radius 3 is 2.89 bits per heavy atom. The summed E-state index contributed by atoms with van der Waals surface area (Å²) in [5.74, 6) is 1.57. The summed E-state index contributed by atoms with van der Waals surface area (Å²) < 4.78 is 0. The molecule has 1 fully saturated rings. The molecular weight excluding hydrogens is 240 g/mol. The molecule has 1 aliphatic rings. The van der Waals surface area contributed by atoms with Crippen LogP contribution in [0, 0.1) is 11.8 Å². The average molecular weight is 262 g/mol. The van der Waals surface area contributed by atoms with Crippen LogP contribution in [0.15, 0.2) is 18.3 Å². The number of aromatic nitrogens is 1. The molecular formula is C14H22N4O. The lowest BCUT2D eigenvalue weighted by Crippen LogP contribution is -2.49. The third kappa shape index (κ3) is 3.23. The molecule has 19 heavy (non-hydrogen) atoms. The molecule has 1 aromatic heterocycles. The van der Waals surface area contributed by atoms with Crippen LogP contribution in [0.1, 0.15) is 12.5 Å². The van der Waals surface area contributed by atoms with E-state index in [0.717, 1.165) is 24.5 Å². The van der Waals surface area contributed by atoms with Crippen molar-refractivity contribution < 1.29 is 4.79 Å². The highest BCUT2D eigenvalue weighted by Gasteiger charge is 2.28. The lowest BCUT2D eigenvalue weighted by atomic mass is 9.88. The lowest BCUT2D eigenvalue weighted by Gasteiger charge is -2.31. The Bertz CT molecular complexity index is 443. The first-order chi connectivity index (χ1) is 9.09. The van der Waals surface area contributed by atoms with E-state index in [1.54, 1.807) is 6.20 Å². The zero-order valence-corrected chi connectivity index (χ0v) is 11.8. The SMILES string of the molecule is CC(C(=O)NCc1cccnc1N(C)C)C1CNC1. The van der Waals surface area contributed by atoms with Crippen molar-refractivity contribution in [2.45, 2.75) is 13.5 Å². The first kappa shape index (κ1) is 13.8. The van der Waals surface area contributed by atoms with Gasteiger partial charge in [0.05, 0.1) is 0 Å². The number of nitrogens with zero attached hydrogens (tertiary/aromatic N) is 2. The van der Waals surface area contributed by atoms with E-state index >= 15 is 0 Å². The highest BCUT2D eigenvalue weighted by atomic mass is 16.1. The van der Waals surface area contributed by atoms with Crippen molar-refractivity contribution in [3.05, 3.63) is 23.9 Å². The maximum absolute atomic E-state index is 12.1. The topological polar surface area (TPSA) is 57.3 Å². The molecule has 2 rings (SSSR count). The molecule has 1 amide bonds. The van der Waals surface area contributed by atoms with Gasteiger partial charge in [-0.15, -0.1) is 0 Å². The summed E-state index contributed by atoms with van der Waals surface area (Å²) >= 11 is 0. The first-order valence-electron chi connectivity index (χ1n) is 6.69. The van der Waals surface area contributed by atoms with Crippen molar-refractivity contribution >= 4 is 11.7 Å². The van der Waals surface area contributed by atoms with Gasteiger partial charge < -0.3 is 15.5 Å². The summed E-state index contributed by atoms with van der Waals surface area (Å²) in [6.07, 6.45) is 1.77. The molecule has 0 spiro atoms. The zero-order chi connectivity index (χ0) is 13.8. The maximum Gasteiger partial charge on any atom is 0.223 e. The maximum atomic E-state index is 12.1. The average Bonchev–Trinajstić information content (AvgIpc) is 2.34. The number of carbonyl (C=O) groups excluding carboxylic acids is 1. The monoisotopic (exact) mass is 262 g/mol. The van der Waals surface area contributed by atoms with E-state index in [2.05, 4.69) is 15.6 Å². The minimum absolute atomic E-state index is 0.0701. The Morgan fingerprint density at radius 1 is 1.58 bits per heavy atom. The largest absolute Gasteiger partial charge is 0.362 e. The number of hydrogen-bond acceptors (Lipinski definition) is 4.